The lowest BCUT2D eigenvalue weighted by Gasteiger charge is -2.22. The van der Waals surface area contributed by atoms with Crippen LogP contribution < -0.4 is 5.32 Å². The topological polar surface area (TPSA) is 66.5 Å². The van der Waals surface area contributed by atoms with E-state index in [1.54, 1.807) is 24.3 Å². The Hall–Kier alpha value is -2.45. The van der Waals surface area contributed by atoms with Gasteiger partial charge in [0, 0.05) is 22.3 Å². The van der Waals surface area contributed by atoms with Crippen molar-refractivity contribution in [1.82, 2.24) is 4.31 Å². The zero-order valence-electron chi connectivity index (χ0n) is 15.6. The summed E-state index contributed by atoms with van der Waals surface area (Å²) in [4.78, 5) is 12.5. The minimum atomic E-state index is -4.00. The zero-order chi connectivity index (χ0) is 21.7. The molecule has 0 atom stereocenters. The number of nitrogens with zero attached hydrogens (tertiary/aromatic N) is 1. The third kappa shape index (κ3) is 5.79. The Kier molecular flexibility index (Phi) is 7.10. The SMILES string of the molecule is O=C(CN(Cc1ccc(Cl)cc1)S(=O)(=O)c1ccc(Cl)cc1)Nc1ccc(F)cc1. The van der Waals surface area contributed by atoms with Crippen LogP contribution in [0.2, 0.25) is 10.0 Å². The van der Waals surface area contributed by atoms with Crippen molar-refractivity contribution in [3.05, 3.63) is 94.2 Å². The van der Waals surface area contributed by atoms with Crippen molar-refractivity contribution in [3.63, 3.8) is 0 Å². The van der Waals surface area contributed by atoms with Crippen LogP contribution in [-0.2, 0) is 21.4 Å². The first kappa shape index (κ1) is 22.2. The number of amides is 1. The number of sulfonamides is 1. The molecule has 30 heavy (non-hydrogen) atoms. The van der Waals surface area contributed by atoms with E-state index >= 15 is 0 Å². The Morgan fingerprint density at radius 2 is 1.40 bits per heavy atom. The van der Waals surface area contributed by atoms with Crippen molar-refractivity contribution in [2.24, 2.45) is 0 Å². The molecule has 3 rings (SSSR count). The molecule has 3 aromatic rings. The van der Waals surface area contributed by atoms with Crippen LogP contribution in [0.3, 0.4) is 0 Å². The van der Waals surface area contributed by atoms with Crippen LogP contribution >= 0.6 is 23.2 Å². The lowest BCUT2D eigenvalue weighted by Crippen LogP contribution is -2.37. The molecular formula is C21H17Cl2FN2O3S. The van der Waals surface area contributed by atoms with Crippen LogP contribution in [0.4, 0.5) is 10.1 Å². The average Bonchev–Trinajstić information content (AvgIpc) is 2.71. The molecule has 0 aliphatic rings. The summed E-state index contributed by atoms with van der Waals surface area (Å²) in [5.74, 6) is -1.00. The Balaban J connectivity index is 1.86. The number of halogens is 3. The fourth-order valence-corrected chi connectivity index (χ4v) is 4.31. The Labute approximate surface area is 184 Å². The lowest BCUT2D eigenvalue weighted by atomic mass is 10.2. The molecule has 0 spiro atoms. The number of hydrogen-bond acceptors (Lipinski definition) is 3. The molecule has 0 aliphatic heterocycles. The van der Waals surface area contributed by atoms with Gasteiger partial charge >= 0.3 is 0 Å². The molecule has 1 amide bonds. The van der Waals surface area contributed by atoms with Crippen molar-refractivity contribution >= 4 is 44.8 Å². The fourth-order valence-electron chi connectivity index (χ4n) is 2.67. The first-order valence-electron chi connectivity index (χ1n) is 8.79. The Bertz CT molecular complexity index is 1120. The largest absolute Gasteiger partial charge is 0.325 e. The molecule has 0 heterocycles. The Morgan fingerprint density at radius 3 is 1.97 bits per heavy atom. The summed E-state index contributed by atoms with van der Waals surface area (Å²) < 4.78 is 40.5. The number of anilines is 1. The van der Waals surface area contributed by atoms with E-state index in [1.165, 1.54) is 48.5 Å². The van der Waals surface area contributed by atoms with E-state index in [-0.39, 0.29) is 11.4 Å². The summed E-state index contributed by atoms with van der Waals surface area (Å²) in [6.45, 7) is -0.482. The minimum absolute atomic E-state index is 0.00967. The van der Waals surface area contributed by atoms with Crippen molar-refractivity contribution in [2.75, 3.05) is 11.9 Å². The van der Waals surface area contributed by atoms with E-state index < -0.39 is 28.3 Å². The quantitative estimate of drug-likeness (QED) is 0.534. The van der Waals surface area contributed by atoms with Gasteiger partial charge in [0.2, 0.25) is 15.9 Å². The predicted octanol–water partition coefficient (Wildman–Crippen LogP) is 4.96. The second kappa shape index (κ2) is 9.57. The summed E-state index contributed by atoms with van der Waals surface area (Å²) in [5, 5.41) is 3.48. The number of nitrogens with one attached hydrogen (secondary N) is 1. The van der Waals surface area contributed by atoms with Gasteiger partial charge in [-0.3, -0.25) is 4.79 Å². The number of rotatable bonds is 7. The van der Waals surface area contributed by atoms with Gasteiger partial charge in [-0.2, -0.15) is 4.31 Å². The molecule has 0 saturated carbocycles. The maximum atomic E-state index is 13.2. The van der Waals surface area contributed by atoms with Crippen LogP contribution in [0.15, 0.2) is 77.7 Å². The molecule has 0 bridgehead atoms. The summed E-state index contributed by atoms with van der Waals surface area (Å²) in [7, 11) is -4.00. The molecule has 156 valence electrons. The van der Waals surface area contributed by atoms with Crippen LogP contribution in [0.1, 0.15) is 5.56 Å². The standard InChI is InChI=1S/C21H17Cl2FN2O3S/c22-16-3-1-15(2-4-16)13-26(30(28,29)20-11-5-17(23)6-12-20)14-21(27)25-19-9-7-18(24)8-10-19/h1-12H,13-14H2,(H,25,27). The lowest BCUT2D eigenvalue weighted by molar-refractivity contribution is -0.116. The van der Waals surface area contributed by atoms with E-state index in [4.69, 9.17) is 23.2 Å². The molecule has 1 N–H and O–H groups in total. The van der Waals surface area contributed by atoms with Gasteiger partial charge in [-0.1, -0.05) is 35.3 Å². The molecule has 5 nitrogen and oxygen atoms in total. The molecule has 0 fully saturated rings. The molecular weight excluding hydrogens is 450 g/mol. The van der Waals surface area contributed by atoms with E-state index in [0.29, 0.717) is 21.3 Å². The highest BCUT2D eigenvalue weighted by molar-refractivity contribution is 7.89. The minimum Gasteiger partial charge on any atom is -0.325 e. The van der Waals surface area contributed by atoms with E-state index in [9.17, 15) is 17.6 Å². The third-order valence-corrected chi connectivity index (χ3v) is 6.48. The van der Waals surface area contributed by atoms with Crippen molar-refractivity contribution < 1.29 is 17.6 Å². The number of hydrogen-bond donors (Lipinski definition) is 1. The highest BCUT2D eigenvalue weighted by atomic mass is 35.5. The van der Waals surface area contributed by atoms with Crippen molar-refractivity contribution in [1.29, 1.82) is 0 Å². The number of carbonyl (C=O) groups excluding carboxylic acids is 1. The zero-order valence-corrected chi connectivity index (χ0v) is 17.9. The predicted molar refractivity (Wildman–Crippen MR) is 116 cm³/mol. The maximum absolute atomic E-state index is 13.2. The first-order valence-corrected chi connectivity index (χ1v) is 11.0. The van der Waals surface area contributed by atoms with Gasteiger partial charge in [-0.25, -0.2) is 12.8 Å². The molecule has 0 aromatic heterocycles. The van der Waals surface area contributed by atoms with E-state index in [1.807, 2.05) is 0 Å². The molecule has 0 radical (unpaired) electrons. The van der Waals surface area contributed by atoms with Crippen LogP contribution in [0.25, 0.3) is 0 Å². The highest BCUT2D eigenvalue weighted by Gasteiger charge is 2.27. The van der Waals surface area contributed by atoms with Crippen molar-refractivity contribution in [2.45, 2.75) is 11.4 Å². The van der Waals surface area contributed by atoms with Gasteiger partial charge in [0.1, 0.15) is 5.82 Å². The maximum Gasteiger partial charge on any atom is 0.243 e. The molecule has 0 unspecified atom stereocenters. The molecule has 3 aromatic carbocycles. The van der Waals surface area contributed by atoms with Gasteiger partial charge in [-0.15, -0.1) is 0 Å². The molecule has 0 aliphatic carbocycles. The Morgan fingerprint density at radius 1 is 0.867 bits per heavy atom. The van der Waals surface area contributed by atoms with Crippen LogP contribution in [0, 0.1) is 5.82 Å². The second-order valence-corrected chi connectivity index (χ2v) is 9.22. The monoisotopic (exact) mass is 466 g/mol. The number of benzene rings is 3. The molecule has 0 saturated heterocycles. The highest BCUT2D eigenvalue weighted by Crippen LogP contribution is 2.21. The van der Waals surface area contributed by atoms with Gasteiger partial charge in [0.05, 0.1) is 11.4 Å². The summed E-state index contributed by atoms with van der Waals surface area (Å²) in [5.41, 5.74) is 1.02. The van der Waals surface area contributed by atoms with Gasteiger partial charge in [0.25, 0.3) is 0 Å². The summed E-state index contributed by atoms with van der Waals surface area (Å²) in [6, 6.07) is 17.5. The second-order valence-electron chi connectivity index (χ2n) is 6.41. The van der Waals surface area contributed by atoms with Crippen LogP contribution in [0.5, 0.6) is 0 Å². The fraction of sp³-hybridized carbons (Fsp3) is 0.0952. The smallest absolute Gasteiger partial charge is 0.243 e. The van der Waals surface area contributed by atoms with Gasteiger partial charge in [0.15, 0.2) is 0 Å². The number of carbonyl (C=O) groups is 1. The first-order chi connectivity index (χ1) is 14.2. The van der Waals surface area contributed by atoms with Crippen LogP contribution in [-0.4, -0.2) is 25.2 Å². The van der Waals surface area contributed by atoms with Gasteiger partial charge < -0.3 is 5.32 Å². The normalized spacial score (nSPS) is 11.5. The molecule has 9 heteroatoms. The summed E-state index contributed by atoms with van der Waals surface area (Å²) >= 11 is 11.8. The van der Waals surface area contributed by atoms with E-state index in [2.05, 4.69) is 5.32 Å². The third-order valence-electron chi connectivity index (χ3n) is 4.17. The summed E-state index contributed by atoms with van der Waals surface area (Å²) in [6.07, 6.45) is 0. The van der Waals surface area contributed by atoms with Crippen molar-refractivity contribution in [3.8, 4) is 0 Å². The van der Waals surface area contributed by atoms with E-state index in [0.717, 1.165) is 4.31 Å². The van der Waals surface area contributed by atoms with Gasteiger partial charge in [-0.05, 0) is 66.2 Å². The average molecular weight is 467 g/mol.